The van der Waals surface area contributed by atoms with Crippen LogP contribution in [0.1, 0.15) is 0 Å². The lowest BCUT2D eigenvalue weighted by atomic mass is 10.1. The monoisotopic (exact) mass is 176 g/mol. The van der Waals surface area contributed by atoms with Crippen molar-refractivity contribution < 1.29 is 14.6 Å². The molecule has 0 heterocycles. The average Bonchev–Trinajstić information content (AvgIpc) is 2.01. The minimum atomic E-state index is -1.39. The molecule has 1 aliphatic rings. The van der Waals surface area contributed by atoms with E-state index in [0.29, 0.717) is 4.91 Å². The van der Waals surface area contributed by atoms with E-state index >= 15 is 0 Å². The number of rotatable bonds is 1. The molecule has 4 heteroatoms. The molecule has 0 aromatic heterocycles. The highest BCUT2D eigenvalue weighted by Gasteiger charge is 2.26. The lowest BCUT2D eigenvalue weighted by Gasteiger charge is -2.20. The van der Waals surface area contributed by atoms with E-state index in [1.807, 2.05) is 0 Å². The third-order valence-corrected chi connectivity index (χ3v) is 2.36. The van der Waals surface area contributed by atoms with Crippen molar-refractivity contribution in [2.75, 3.05) is 6.26 Å². The number of hydrogen-bond donors (Lipinski definition) is 2. The number of allylic oxidation sites excluding steroid dienone is 2. The molecule has 0 saturated carbocycles. The molecule has 2 N–H and O–H groups in total. The summed E-state index contributed by atoms with van der Waals surface area (Å²) in [5.74, 6) is -0.685. The van der Waals surface area contributed by atoms with Crippen molar-refractivity contribution in [3.8, 4) is 0 Å². The number of thioether (sulfide) groups is 1. The molecular formula is C7H9FO2S. The second-order valence-electron chi connectivity index (χ2n) is 2.21. The van der Waals surface area contributed by atoms with Crippen LogP contribution < -0.4 is 0 Å². The van der Waals surface area contributed by atoms with Gasteiger partial charge in [0.2, 0.25) is 0 Å². The van der Waals surface area contributed by atoms with Crippen LogP contribution in [-0.2, 0) is 0 Å². The predicted octanol–water partition coefficient (Wildman–Crippen LogP) is 0.822. The van der Waals surface area contributed by atoms with Gasteiger partial charge in [-0.3, -0.25) is 0 Å². The molecule has 0 aliphatic heterocycles. The summed E-state index contributed by atoms with van der Waals surface area (Å²) in [6.45, 7) is 0. The fourth-order valence-electron chi connectivity index (χ4n) is 0.854. The Morgan fingerprint density at radius 2 is 2.00 bits per heavy atom. The summed E-state index contributed by atoms with van der Waals surface area (Å²) in [5, 5.41) is 18.2. The maximum absolute atomic E-state index is 12.5. The maximum Gasteiger partial charge on any atom is 0.136 e. The van der Waals surface area contributed by atoms with Gasteiger partial charge in [0, 0.05) is 4.91 Å². The Bertz CT molecular complexity index is 212. The van der Waals surface area contributed by atoms with Crippen molar-refractivity contribution in [3.05, 3.63) is 22.9 Å². The second kappa shape index (κ2) is 3.38. The smallest absolute Gasteiger partial charge is 0.136 e. The number of halogens is 1. The summed E-state index contributed by atoms with van der Waals surface area (Å²) >= 11 is 1.30. The fourth-order valence-corrected chi connectivity index (χ4v) is 1.43. The van der Waals surface area contributed by atoms with Gasteiger partial charge in [0.1, 0.15) is 18.0 Å². The molecule has 0 aromatic carbocycles. The van der Waals surface area contributed by atoms with E-state index in [-0.39, 0.29) is 0 Å². The number of aliphatic hydroxyl groups excluding tert-OH is 2. The van der Waals surface area contributed by atoms with Crippen molar-refractivity contribution in [2.45, 2.75) is 12.2 Å². The van der Waals surface area contributed by atoms with E-state index in [4.69, 9.17) is 5.11 Å². The van der Waals surface area contributed by atoms with Gasteiger partial charge in [-0.2, -0.15) is 0 Å². The second-order valence-corrected chi connectivity index (χ2v) is 3.09. The lowest BCUT2D eigenvalue weighted by Crippen LogP contribution is -2.29. The van der Waals surface area contributed by atoms with Crippen LogP contribution in [0, 0.1) is 0 Å². The van der Waals surface area contributed by atoms with Crippen LogP contribution in [-0.4, -0.2) is 28.7 Å². The third kappa shape index (κ3) is 1.64. The number of hydrogen-bond acceptors (Lipinski definition) is 3. The van der Waals surface area contributed by atoms with Gasteiger partial charge in [0.05, 0.1) is 0 Å². The van der Waals surface area contributed by atoms with Crippen LogP contribution in [0.4, 0.5) is 4.39 Å². The Labute approximate surface area is 68.4 Å². The van der Waals surface area contributed by atoms with Crippen LogP contribution in [0.25, 0.3) is 0 Å². The van der Waals surface area contributed by atoms with Crippen molar-refractivity contribution >= 4 is 11.8 Å². The SMILES string of the molecule is CSC1=CC=C(F)[C@@H](O)[C@H]1O. The van der Waals surface area contributed by atoms with Crippen molar-refractivity contribution in [1.29, 1.82) is 0 Å². The van der Waals surface area contributed by atoms with Crippen LogP contribution in [0.2, 0.25) is 0 Å². The third-order valence-electron chi connectivity index (χ3n) is 1.52. The Morgan fingerprint density at radius 1 is 1.36 bits per heavy atom. The maximum atomic E-state index is 12.5. The first-order chi connectivity index (χ1) is 5.16. The topological polar surface area (TPSA) is 40.5 Å². The van der Waals surface area contributed by atoms with Gasteiger partial charge in [0.25, 0.3) is 0 Å². The highest BCUT2D eigenvalue weighted by atomic mass is 32.2. The quantitative estimate of drug-likeness (QED) is 0.621. The summed E-state index contributed by atoms with van der Waals surface area (Å²) in [4.78, 5) is 0.582. The van der Waals surface area contributed by atoms with Gasteiger partial charge < -0.3 is 10.2 Å². The van der Waals surface area contributed by atoms with E-state index in [1.165, 1.54) is 23.9 Å². The minimum Gasteiger partial charge on any atom is -0.385 e. The number of aliphatic hydroxyl groups is 2. The van der Waals surface area contributed by atoms with Gasteiger partial charge in [-0.05, 0) is 18.4 Å². The molecule has 0 fully saturated rings. The van der Waals surface area contributed by atoms with Crippen LogP contribution in [0.15, 0.2) is 22.9 Å². The molecule has 2 atom stereocenters. The van der Waals surface area contributed by atoms with Crippen LogP contribution in [0.3, 0.4) is 0 Å². The summed E-state index contributed by atoms with van der Waals surface area (Å²) in [7, 11) is 0. The minimum absolute atomic E-state index is 0.582. The van der Waals surface area contributed by atoms with E-state index in [1.54, 1.807) is 6.26 Å². The summed E-state index contributed by atoms with van der Waals surface area (Å²) in [5.41, 5.74) is 0. The molecular weight excluding hydrogens is 167 g/mol. The Kier molecular flexibility index (Phi) is 2.70. The normalized spacial score (nSPS) is 31.3. The summed E-state index contributed by atoms with van der Waals surface area (Å²) in [6.07, 6.45) is 1.91. The molecule has 0 aromatic rings. The van der Waals surface area contributed by atoms with E-state index < -0.39 is 18.0 Å². The highest BCUT2D eigenvalue weighted by Crippen LogP contribution is 2.26. The molecule has 0 bridgehead atoms. The van der Waals surface area contributed by atoms with Crippen molar-refractivity contribution in [2.24, 2.45) is 0 Å². The lowest BCUT2D eigenvalue weighted by molar-refractivity contribution is 0.0545. The summed E-state index contributed by atoms with van der Waals surface area (Å²) in [6, 6.07) is 0. The molecule has 0 amide bonds. The predicted molar refractivity (Wildman–Crippen MR) is 42.8 cm³/mol. The zero-order chi connectivity index (χ0) is 8.43. The first kappa shape index (κ1) is 8.77. The Balaban J connectivity index is 2.84. The zero-order valence-corrected chi connectivity index (χ0v) is 6.81. The highest BCUT2D eigenvalue weighted by molar-refractivity contribution is 8.02. The first-order valence-corrected chi connectivity index (χ1v) is 4.36. The molecule has 0 saturated heterocycles. The summed E-state index contributed by atoms with van der Waals surface area (Å²) < 4.78 is 12.5. The first-order valence-electron chi connectivity index (χ1n) is 3.14. The van der Waals surface area contributed by atoms with E-state index in [9.17, 15) is 9.50 Å². The van der Waals surface area contributed by atoms with Crippen LogP contribution >= 0.6 is 11.8 Å². The molecule has 62 valence electrons. The fraction of sp³-hybridized carbons (Fsp3) is 0.429. The molecule has 1 aliphatic carbocycles. The van der Waals surface area contributed by atoms with Crippen LogP contribution in [0.5, 0.6) is 0 Å². The van der Waals surface area contributed by atoms with Gasteiger partial charge in [-0.15, -0.1) is 11.8 Å². The van der Waals surface area contributed by atoms with Gasteiger partial charge in [-0.1, -0.05) is 0 Å². The largest absolute Gasteiger partial charge is 0.385 e. The van der Waals surface area contributed by atoms with Gasteiger partial charge in [-0.25, -0.2) is 4.39 Å². The van der Waals surface area contributed by atoms with Crippen molar-refractivity contribution in [3.63, 3.8) is 0 Å². The van der Waals surface area contributed by atoms with Gasteiger partial charge >= 0.3 is 0 Å². The Hall–Kier alpha value is -0.320. The van der Waals surface area contributed by atoms with E-state index in [0.717, 1.165) is 0 Å². The average molecular weight is 176 g/mol. The molecule has 0 radical (unpaired) electrons. The standard InChI is InChI=1S/C7H9FO2S/c1-11-5-3-2-4(8)6(9)7(5)10/h2-3,6-7,9-10H,1H3/t6-,7+/m1/s1. The van der Waals surface area contributed by atoms with Crippen molar-refractivity contribution in [1.82, 2.24) is 0 Å². The molecule has 2 nitrogen and oxygen atoms in total. The van der Waals surface area contributed by atoms with Gasteiger partial charge in [0.15, 0.2) is 0 Å². The molecule has 0 unspecified atom stereocenters. The van der Waals surface area contributed by atoms with E-state index in [2.05, 4.69) is 0 Å². The molecule has 11 heavy (non-hydrogen) atoms. The Morgan fingerprint density at radius 3 is 2.55 bits per heavy atom. The molecule has 0 spiro atoms. The zero-order valence-electron chi connectivity index (χ0n) is 5.99. The molecule has 1 rings (SSSR count).